The fraction of sp³-hybridized carbons (Fsp3) is 0.562. The first-order valence-corrected chi connectivity index (χ1v) is 7.34. The summed E-state index contributed by atoms with van der Waals surface area (Å²) in [6.45, 7) is 1.86. The number of ether oxygens (including phenoxy) is 1. The molecule has 0 unspecified atom stereocenters. The molecule has 1 amide bonds. The summed E-state index contributed by atoms with van der Waals surface area (Å²) in [6.07, 6.45) is 6.87. The molecular weight excluding hydrogens is 238 g/mol. The highest BCUT2D eigenvalue weighted by atomic mass is 16.5. The summed E-state index contributed by atoms with van der Waals surface area (Å²) >= 11 is 0. The van der Waals surface area contributed by atoms with Gasteiger partial charge in [-0.1, -0.05) is 12.1 Å². The molecule has 1 aromatic rings. The van der Waals surface area contributed by atoms with Crippen LogP contribution in [-0.4, -0.2) is 30.0 Å². The fourth-order valence-corrected chi connectivity index (χ4v) is 2.49. The van der Waals surface area contributed by atoms with Crippen LogP contribution in [0.2, 0.25) is 0 Å². The van der Waals surface area contributed by atoms with Crippen LogP contribution < -0.4 is 4.74 Å². The second kappa shape index (κ2) is 5.64. The van der Waals surface area contributed by atoms with Crippen LogP contribution in [0, 0.1) is 0 Å². The molecule has 1 aliphatic carbocycles. The molecule has 2 aliphatic rings. The third-order valence-electron chi connectivity index (χ3n) is 3.81. The first kappa shape index (κ1) is 12.5. The van der Waals surface area contributed by atoms with Crippen molar-refractivity contribution in [1.82, 2.24) is 4.90 Å². The molecule has 1 saturated heterocycles. The van der Waals surface area contributed by atoms with Gasteiger partial charge in [-0.3, -0.25) is 4.79 Å². The maximum atomic E-state index is 12.1. The minimum absolute atomic E-state index is 0.260. The van der Waals surface area contributed by atoms with E-state index in [2.05, 4.69) is 0 Å². The predicted octanol–water partition coefficient (Wildman–Crippen LogP) is 2.78. The lowest BCUT2D eigenvalue weighted by Crippen LogP contribution is -2.36. The Hall–Kier alpha value is -1.51. The molecule has 0 N–H and O–H groups in total. The van der Waals surface area contributed by atoms with E-state index in [1.807, 2.05) is 29.2 Å². The van der Waals surface area contributed by atoms with Crippen LogP contribution in [0.1, 0.15) is 37.7 Å². The summed E-state index contributed by atoms with van der Waals surface area (Å²) in [5.41, 5.74) is 1.08. The lowest BCUT2D eigenvalue weighted by atomic mass is 10.1. The molecule has 3 nitrogen and oxygen atoms in total. The smallest absolute Gasteiger partial charge is 0.226 e. The van der Waals surface area contributed by atoms with Crippen LogP contribution in [0.5, 0.6) is 5.75 Å². The van der Waals surface area contributed by atoms with Crippen molar-refractivity contribution in [2.24, 2.45) is 0 Å². The molecule has 0 aromatic heterocycles. The van der Waals surface area contributed by atoms with Gasteiger partial charge >= 0.3 is 0 Å². The van der Waals surface area contributed by atoms with E-state index in [1.54, 1.807) is 0 Å². The molecule has 3 heteroatoms. The van der Waals surface area contributed by atoms with E-state index in [9.17, 15) is 4.79 Å². The molecule has 0 radical (unpaired) electrons. The molecule has 0 spiro atoms. The average molecular weight is 259 g/mol. The number of hydrogen-bond acceptors (Lipinski definition) is 2. The van der Waals surface area contributed by atoms with E-state index in [0.29, 0.717) is 12.5 Å². The third kappa shape index (κ3) is 3.49. The van der Waals surface area contributed by atoms with Crippen molar-refractivity contribution in [2.45, 2.75) is 44.6 Å². The summed E-state index contributed by atoms with van der Waals surface area (Å²) in [5, 5.41) is 0. The van der Waals surface area contributed by atoms with E-state index in [1.165, 1.54) is 19.3 Å². The maximum absolute atomic E-state index is 12.1. The number of nitrogens with zero attached hydrogens (tertiary/aromatic N) is 1. The summed E-state index contributed by atoms with van der Waals surface area (Å²) in [4.78, 5) is 14.1. The van der Waals surface area contributed by atoms with E-state index >= 15 is 0 Å². The van der Waals surface area contributed by atoms with Gasteiger partial charge in [0.15, 0.2) is 0 Å². The van der Waals surface area contributed by atoms with Gasteiger partial charge in [-0.05, 0) is 49.8 Å². The van der Waals surface area contributed by atoms with Crippen molar-refractivity contribution in [3.05, 3.63) is 29.8 Å². The predicted molar refractivity (Wildman–Crippen MR) is 74.2 cm³/mol. The summed E-state index contributed by atoms with van der Waals surface area (Å²) < 4.78 is 5.71. The standard InChI is InChI=1S/C16H21NO2/c18-16(17-10-2-1-3-11-17)12-13-4-6-14(7-5-13)19-15-8-9-15/h4-7,15H,1-3,8-12H2. The van der Waals surface area contributed by atoms with E-state index < -0.39 is 0 Å². The Labute approximate surface area is 114 Å². The molecule has 1 saturated carbocycles. The van der Waals surface area contributed by atoms with Crippen molar-refractivity contribution in [3.8, 4) is 5.75 Å². The molecule has 0 bridgehead atoms. The third-order valence-corrected chi connectivity index (χ3v) is 3.81. The van der Waals surface area contributed by atoms with Gasteiger partial charge in [0.2, 0.25) is 5.91 Å². The highest BCUT2D eigenvalue weighted by Gasteiger charge is 2.23. The zero-order valence-electron chi connectivity index (χ0n) is 11.3. The molecule has 0 atom stereocenters. The molecule has 1 aromatic carbocycles. The SMILES string of the molecule is O=C(Cc1ccc(OC2CC2)cc1)N1CCCCC1. The normalized spacial score (nSPS) is 19.3. The van der Waals surface area contributed by atoms with Crippen molar-refractivity contribution in [1.29, 1.82) is 0 Å². The van der Waals surface area contributed by atoms with Crippen LogP contribution >= 0.6 is 0 Å². The number of benzene rings is 1. The summed E-state index contributed by atoms with van der Waals surface area (Å²) in [5.74, 6) is 1.19. The van der Waals surface area contributed by atoms with Crippen molar-refractivity contribution >= 4 is 5.91 Å². The minimum atomic E-state index is 0.260. The van der Waals surface area contributed by atoms with Gasteiger partial charge in [-0.25, -0.2) is 0 Å². The highest BCUT2D eigenvalue weighted by molar-refractivity contribution is 5.78. The summed E-state index contributed by atoms with van der Waals surface area (Å²) in [7, 11) is 0. The van der Waals surface area contributed by atoms with Gasteiger partial charge in [-0.15, -0.1) is 0 Å². The van der Waals surface area contributed by atoms with Crippen LogP contribution in [0.3, 0.4) is 0 Å². The van der Waals surface area contributed by atoms with Gasteiger partial charge < -0.3 is 9.64 Å². The number of amides is 1. The van der Waals surface area contributed by atoms with Crippen LogP contribution in [0.25, 0.3) is 0 Å². The maximum Gasteiger partial charge on any atom is 0.226 e. The fourth-order valence-electron chi connectivity index (χ4n) is 2.49. The van der Waals surface area contributed by atoms with Crippen LogP contribution in [0.15, 0.2) is 24.3 Å². The van der Waals surface area contributed by atoms with Crippen molar-refractivity contribution in [2.75, 3.05) is 13.1 Å². The number of piperidine rings is 1. The van der Waals surface area contributed by atoms with Crippen molar-refractivity contribution < 1.29 is 9.53 Å². The molecule has 3 rings (SSSR count). The number of likely N-dealkylation sites (tertiary alicyclic amines) is 1. The Morgan fingerprint density at radius 3 is 2.42 bits per heavy atom. The van der Waals surface area contributed by atoms with Crippen molar-refractivity contribution in [3.63, 3.8) is 0 Å². The van der Waals surface area contributed by atoms with Crippen LogP contribution in [0.4, 0.5) is 0 Å². The molecule has 19 heavy (non-hydrogen) atoms. The number of rotatable bonds is 4. The Morgan fingerprint density at radius 1 is 1.11 bits per heavy atom. The van der Waals surface area contributed by atoms with Gasteiger partial charge in [0.05, 0.1) is 12.5 Å². The highest BCUT2D eigenvalue weighted by Crippen LogP contribution is 2.26. The second-order valence-electron chi connectivity index (χ2n) is 5.58. The Bertz CT molecular complexity index is 431. The molecule has 1 heterocycles. The molecule has 102 valence electrons. The Morgan fingerprint density at radius 2 is 1.79 bits per heavy atom. The average Bonchev–Trinajstić information content (AvgIpc) is 3.26. The first-order valence-electron chi connectivity index (χ1n) is 7.34. The zero-order chi connectivity index (χ0) is 13.1. The molecule has 1 aliphatic heterocycles. The Kier molecular flexibility index (Phi) is 3.72. The number of carbonyl (C=O) groups excluding carboxylic acids is 1. The topological polar surface area (TPSA) is 29.5 Å². The Balaban J connectivity index is 1.54. The quantitative estimate of drug-likeness (QED) is 0.832. The molecular formula is C16H21NO2. The lowest BCUT2D eigenvalue weighted by Gasteiger charge is -2.26. The van der Waals surface area contributed by atoms with Gasteiger partial charge in [-0.2, -0.15) is 0 Å². The number of hydrogen-bond donors (Lipinski definition) is 0. The zero-order valence-corrected chi connectivity index (χ0v) is 11.3. The number of carbonyl (C=O) groups is 1. The van der Waals surface area contributed by atoms with Gasteiger partial charge in [0, 0.05) is 13.1 Å². The van der Waals surface area contributed by atoms with Gasteiger partial charge in [0.1, 0.15) is 5.75 Å². The lowest BCUT2D eigenvalue weighted by molar-refractivity contribution is -0.131. The summed E-state index contributed by atoms with van der Waals surface area (Å²) in [6, 6.07) is 7.99. The second-order valence-corrected chi connectivity index (χ2v) is 5.58. The molecule has 2 fully saturated rings. The van der Waals surface area contributed by atoms with E-state index in [4.69, 9.17) is 4.74 Å². The monoisotopic (exact) mass is 259 g/mol. The first-order chi connectivity index (χ1) is 9.31. The van der Waals surface area contributed by atoms with E-state index in [-0.39, 0.29) is 5.91 Å². The minimum Gasteiger partial charge on any atom is -0.490 e. The largest absolute Gasteiger partial charge is 0.490 e. The van der Waals surface area contributed by atoms with E-state index in [0.717, 1.165) is 37.2 Å². The van der Waals surface area contributed by atoms with Crippen LogP contribution in [-0.2, 0) is 11.2 Å². The van der Waals surface area contributed by atoms with Gasteiger partial charge in [0.25, 0.3) is 0 Å².